The maximum absolute atomic E-state index is 9.79. The van der Waals surface area contributed by atoms with Gasteiger partial charge in [0.15, 0.2) is 0 Å². The van der Waals surface area contributed by atoms with Gasteiger partial charge >= 0.3 is 0 Å². The van der Waals surface area contributed by atoms with Gasteiger partial charge in [-0.05, 0) is 44.8 Å². The van der Waals surface area contributed by atoms with E-state index < -0.39 is 0 Å². The number of nitrogens with zero attached hydrogens (tertiary/aromatic N) is 4. The maximum Gasteiger partial charge on any atom is 0.146 e. The zero-order valence-electron chi connectivity index (χ0n) is 16.4. The molecule has 0 amide bonds. The molecule has 0 aliphatic carbocycles. The standard InChI is InChI=1S/C20H28N6O/c1-4-26-9-7-16-17(12-21)19(22-8-10-25(2)3)24-20(18(16)14-26)23-13-15-6-5-11-27-15/h5-6,11H,4,7-10,13-14H2,1-3H3,(H2,22,23,24). The number of nitrogens with one attached hydrogen (secondary N) is 2. The molecule has 7 heteroatoms. The van der Waals surface area contributed by atoms with Crippen molar-refractivity contribution in [3.05, 3.63) is 40.8 Å². The monoisotopic (exact) mass is 368 g/mol. The van der Waals surface area contributed by atoms with E-state index in [2.05, 4.69) is 33.4 Å². The van der Waals surface area contributed by atoms with Gasteiger partial charge in [-0.1, -0.05) is 6.92 Å². The van der Waals surface area contributed by atoms with E-state index in [9.17, 15) is 5.26 Å². The predicted octanol–water partition coefficient (Wildman–Crippen LogP) is 2.51. The maximum atomic E-state index is 9.79. The molecule has 1 aliphatic heterocycles. The molecule has 0 fully saturated rings. The van der Waals surface area contributed by atoms with Crippen LogP contribution in [-0.4, -0.2) is 55.1 Å². The number of anilines is 2. The second-order valence-corrected chi connectivity index (χ2v) is 7.03. The summed E-state index contributed by atoms with van der Waals surface area (Å²) in [6, 6.07) is 6.21. The van der Waals surface area contributed by atoms with Crippen LogP contribution in [0.25, 0.3) is 0 Å². The van der Waals surface area contributed by atoms with Crippen LogP contribution in [0, 0.1) is 11.3 Å². The van der Waals surface area contributed by atoms with Crippen molar-refractivity contribution in [2.75, 3.05) is 50.9 Å². The molecule has 7 nitrogen and oxygen atoms in total. The normalized spacial score (nSPS) is 14.0. The highest BCUT2D eigenvalue weighted by Crippen LogP contribution is 2.32. The zero-order chi connectivity index (χ0) is 19.2. The van der Waals surface area contributed by atoms with Crippen LogP contribution in [0.1, 0.15) is 29.4 Å². The fraction of sp³-hybridized carbons (Fsp3) is 0.500. The summed E-state index contributed by atoms with van der Waals surface area (Å²) in [6.07, 6.45) is 2.54. The van der Waals surface area contributed by atoms with Gasteiger partial charge in [-0.3, -0.25) is 4.90 Å². The molecule has 3 heterocycles. The van der Waals surface area contributed by atoms with E-state index in [1.807, 2.05) is 26.2 Å². The number of aromatic nitrogens is 1. The summed E-state index contributed by atoms with van der Waals surface area (Å²) < 4.78 is 5.43. The Balaban J connectivity index is 1.92. The number of rotatable bonds is 8. The van der Waals surface area contributed by atoms with Crippen LogP contribution in [0.15, 0.2) is 22.8 Å². The summed E-state index contributed by atoms with van der Waals surface area (Å²) in [6.45, 7) is 7.12. The zero-order valence-corrected chi connectivity index (χ0v) is 16.4. The van der Waals surface area contributed by atoms with E-state index in [0.717, 1.165) is 61.8 Å². The SMILES string of the molecule is CCN1CCc2c(C#N)c(NCCN(C)C)nc(NCc3ccco3)c2C1. The molecule has 0 saturated carbocycles. The third-order valence-corrected chi connectivity index (χ3v) is 4.89. The van der Waals surface area contributed by atoms with Crippen LogP contribution >= 0.6 is 0 Å². The van der Waals surface area contributed by atoms with Gasteiger partial charge in [0.2, 0.25) is 0 Å². The molecule has 0 radical (unpaired) electrons. The fourth-order valence-corrected chi connectivity index (χ4v) is 3.34. The van der Waals surface area contributed by atoms with Crippen molar-refractivity contribution in [2.45, 2.75) is 26.4 Å². The molecule has 0 saturated heterocycles. The third kappa shape index (κ3) is 4.59. The number of hydrogen-bond donors (Lipinski definition) is 2. The first-order valence-corrected chi connectivity index (χ1v) is 9.45. The highest BCUT2D eigenvalue weighted by atomic mass is 16.3. The minimum absolute atomic E-state index is 0.571. The number of nitriles is 1. The highest BCUT2D eigenvalue weighted by molar-refractivity contribution is 5.66. The molecule has 0 spiro atoms. The lowest BCUT2D eigenvalue weighted by Gasteiger charge is -2.30. The van der Waals surface area contributed by atoms with Crippen molar-refractivity contribution >= 4 is 11.6 Å². The number of fused-ring (bicyclic) bond motifs is 1. The van der Waals surface area contributed by atoms with Gasteiger partial charge in [-0.15, -0.1) is 0 Å². The fourth-order valence-electron chi connectivity index (χ4n) is 3.34. The topological polar surface area (TPSA) is 80.4 Å². The quantitative estimate of drug-likeness (QED) is 0.741. The Morgan fingerprint density at radius 1 is 1.30 bits per heavy atom. The molecule has 0 unspecified atom stereocenters. The highest BCUT2D eigenvalue weighted by Gasteiger charge is 2.25. The molecular weight excluding hydrogens is 340 g/mol. The number of hydrogen-bond acceptors (Lipinski definition) is 7. The van der Waals surface area contributed by atoms with Gasteiger partial charge < -0.3 is 20.0 Å². The third-order valence-electron chi connectivity index (χ3n) is 4.89. The van der Waals surface area contributed by atoms with Crippen LogP contribution in [-0.2, 0) is 19.5 Å². The minimum Gasteiger partial charge on any atom is -0.467 e. The number of furan rings is 1. The van der Waals surface area contributed by atoms with Crippen LogP contribution in [0.4, 0.5) is 11.6 Å². The van der Waals surface area contributed by atoms with E-state index in [1.54, 1.807) is 6.26 Å². The molecule has 2 aromatic rings. The van der Waals surface area contributed by atoms with Crippen LogP contribution in [0.2, 0.25) is 0 Å². The van der Waals surface area contributed by atoms with Gasteiger partial charge in [-0.2, -0.15) is 5.26 Å². The molecule has 0 aromatic carbocycles. The molecular formula is C20H28N6O. The van der Waals surface area contributed by atoms with Crippen molar-refractivity contribution < 1.29 is 4.42 Å². The largest absolute Gasteiger partial charge is 0.467 e. The summed E-state index contributed by atoms with van der Waals surface area (Å²) in [5, 5.41) is 16.6. The Kier molecular flexibility index (Phi) is 6.32. The summed E-state index contributed by atoms with van der Waals surface area (Å²) in [5.41, 5.74) is 2.93. The summed E-state index contributed by atoms with van der Waals surface area (Å²) >= 11 is 0. The average molecular weight is 368 g/mol. The first kappa shape index (κ1) is 19.2. The van der Waals surface area contributed by atoms with Crippen LogP contribution in [0.5, 0.6) is 0 Å². The lowest BCUT2D eigenvalue weighted by molar-refractivity contribution is 0.268. The van der Waals surface area contributed by atoms with Crippen molar-refractivity contribution in [2.24, 2.45) is 0 Å². The number of likely N-dealkylation sites (N-methyl/N-ethyl adjacent to an activating group) is 2. The van der Waals surface area contributed by atoms with E-state index in [0.29, 0.717) is 17.9 Å². The molecule has 144 valence electrons. The molecule has 0 atom stereocenters. The Morgan fingerprint density at radius 2 is 2.15 bits per heavy atom. The Hall–Kier alpha value is -2.56. The van der Waals surface area contributed by atoms with Crippen molar-refractivity contribution in [3.63, 3.8) is 0 Å². The Bertz CT molecular complexity index is 794. The summed E-state index contributed by atoms with van der Waals surface area (Å²) in [5.74, 6) is 2.37. The molecule has 1 aliphatic rings. The van der Waals surface area contributed by atoms with Crippen molar-refractivity contribution in [1.82, 2.24) is 14.8 Å². The molecule has 0 bridgehead atoms. The Morgan fingerprint density at radius 3 is 2.81 bits per heavy atom. The van der Waals surface area contributed by atoms with Crippen molar-refractivity contribution in [1.29, 1.82) is 5.26 Å². The first-order valence-electron chi connectivity index (χ1n) is 9.45. The van der Waals surface area contributed by atoms with E-state index in [1.165, 1.54) is 0 Å². The van der Waals surface area contributed by atoms with E-state index in [4.69, 9.17) is 9.40 Å². The predicted molar refractivity (Wildman–Crippen MR) is 107 cm³/mol. The first-order chi connectivity index (χ1) is 13.1. The van der Waals surface area contributed by atoms with Gasteiger partial charge in [0, 0.05) is 31.7 Å². The van der Waals surface area contributed by atoms with Gasteiger partial charge in [-0.25, -0.2) is 4.98 Å². The lowest BCUT2D eigenvalue weighted by atomic mass is 9.95. The minimum atomic E-state index is 0.571. The lowest BCUT2D eigenvalue weighted by Crippen LogP contribution is -2.32. The summed E-state index contributed by atoms with van der Waals surface area (Å²) in [7, 11) is 4.06. The van der Waals surface area contributed by atoms with Gasteiger partial charge in [0.25, 0.3) is 0 Å². The molecule has 27 heavy (non-hydrogen) atoms. The molecule has 2 aromatic heterocycles. The summed E-state index contributed by atoms with van der Waals surface area (Å²) in [4.78, 5) is 9.27. The van der Waals surface area contributed by atoms with E-state index >= 15 is 0 Å². The second-order valence-electron chi connectivity index (χ2n) is 7.03. The van der Waals surface area contributed by atoms with Crippen molar-refractivity contribution in [3.8, 4) is 6.07 Å². The van der Waals surface area contributed by atoms with Gasteiger partial charge in [0.1, 0.15) is 23.5 Å². The second kappa shape index (κ2) is 8.89. The average Bonchev–Trinajstić information content (AvgIpc) is 3.19. The van der Waals surface area contributed by atoms with Crippen LogP contribution in [0.3, 0.4) is 0 Å². The number of pyridine rings is 1. The molecule has 2 N–H and O–H groups in total. The van der Waals surface area contributed by atoms with Gasteiger partial charge in [0.05, 0.1) is 18.4 Å². The smallest absolute Gasteiger partial charge is 0.146 e. The molecule has 3 rings (SSSR count). The van der Waals surface area contributed by atoms with Crippen LogP contribution < -0.4 is 10.6 Å². The van der Waals surface area contributed by atoms with E-state index in [-0.39, 0.29) is 0 Å². The Labute approximate surface area is 161 Å².